The summed E-state index contributed by atoms with van der Waals surface area (Å²) in [6.07, 6.45) is 1.54. The third-order valence-electron chi connectivity index (χ3n) is 4.74. The Hall–Kier alpha value is -3.92. The van der Waals surface area contributed by atoms with E-state index in [1.807, 2.05) is 19.9 Å². The van der Waals surface area contributed by atoms with Gasteiger partial charge in [-0.2, -0.15) is 5.26 Å². The molecule has 0 aliphatic carbocycles. The smallest absolute Gasteiger partial charge is 0.271 e. The lowest BCUT2D eigenvalue weighted by atomic mass is 9.94. The highest BCUT2D eigenvalue weighted by atomic mass is 16.3. The molecule has 3 rings (SSSR count). The molecular formula is C23H21N3O4. The molecule has 0 bridgehead atoms. The van der Waals surface area contributed by atoms with Crippen LogP contribution in [0.1, 0.15) is 36.9 Å². The molecule has 0 saturated heterocycles. The van der Waals surface area contributed by atoms with Gasteiger partial charge in [-0.15, -0.1) is 0 Å². The van der Waals surface area contributed by atoms with Crippen LogP contribution in [0.15, 0.2) is 57.5 Å². The van der Waals surface area contributed by atoms with Crippen LogP contribution in [0.5, 0.6) is 0 Å². The number of hydrogen-bond acceptors (Lipinski definition) is 5. The van der Waals surface area contributed by atoms with Crippen molar-refractivity contribution < 1.29 is 18.8 Å². The number of carbonyl (C=O) groups excluding carboxylic acids is 3. The van der Waals surface area contributed by atoms with Crippen LogP contribution < -0.4 is 5.73 Å². The molecule has 7 nitrogen and oxygen atoms in total. The SMILES string of the molecule is CC1=C(C#N)C(=O)N(CC(C)C)C(=O)/C1=C/c1ccc(-c2ccc(C(N)=O)cc2)o1. The maximum absolute atomic E-state index is 12.9. The fourth-order valence-electron chi connectivity index (χ4n) is 3.19. The summed E-state index contributed by atoms with van der Waals surface area (Å²) in [5.74, 6) is -0.523. The van der Waals surface area contributed by atoms with Gasteiger partial charge in [0.05, 0.1) is 0 Å². The number of furan rings is 1. The second-order valence-electron chi connectivity index (χ2n) is 7.43. The molecular weight excluding hydrogens is 382 g/mol. The van der Waals surface area contributed by atoms with Crippen LogP contribution in [-0.2, 0) is 9.59 Å². The predicted octanol–water partition coefficient (Wildman–Crippen LogP) is 3.29. The van der Waals surface area contributed by atoms with Crippen molar-refractivity contribution in [1.29, 1.82) is 5.26 Å². The number of amides is 3. The number of nitrogens with two attached hydrogens (primary N) is 1. The molecule has 2 N–H and O–H groups in total. The molecule has 1 aromatic carbocycles. The van der Waals surface area contributed by atoms with E-state index in [1.54, 1.807) is 43.3 Å². The van der Waals surface area contributed by atoms with Crippen LogP contribution >= 0.6 is 0 Å². The Kier molecular flexibility index (Phi) is 5.70. The number of nitrogens with zero attached hydrogens (tertiary/aromatic N) is 2. The molecule has 0 spiro atoms. The summed E-state index contributed by atoms with van der Waals surface area (Å²) in [6.45, 7) is 5.59. The van der Waals surface area contributed by atoms with E-state index >= 15 is 0 Å². The summed E-state index contributed by atoms with van der Waals surface area (Å²) in [7, 11) is 0. The lowest BCUT2D eigenvalue weighted by Crippen LogP contribution is -2.44. The Balaban J connectivity index is 1.98. The van der Waals surface area contributed by atoms with Gasteiger partial charge in [0.2, 0.25) is 5.91 Å². The van der Waals surface area contributed by atoms with Crippen molar-refractivity contribution in [3.05, 3.63) is 64.4 Å². The maximum Gasteiger partial charge on any atom is 0.271 e. The number of hydrogen-bond donors (Lipinski definition) is 1. The first kappa shape index (κ1) is 20.8. The zero-order valence-corrected chi connectivity index (χ0v) is 16.9. The molecule has 30 heavy (non-hydrogen) atoms. The molecule has 0 radical (unpaired) electrons. The number of nitriles is 1. The van der Waals surface area contributed by atoms with Crippen LogP contribution in [0.2, 0.25) is 0 Å². The normalized spacial score (nSPS) is 15.8. The topological polar surface area (TPSA) is 117 Å². The van der Waals surface area contributed by atoms with E-state index in [0.29, 0.717) is 22.7 Å². The van der Waals surface area contributed by atoms with Gasteiger partial charge < -0.3 is 10.2 Å². The van der Waals surface area contributed by atoms with Crippen molar-refractivity contribution >= 4 is 23.8 Å². The largest absolute Gasteiger partial charge is 0.457 e. The highest BCUT2D eigenvalue weighted by Gasteiger charge is 2.35. The molecule has 3 amide bonds. The van der Waals surface area contributed by atoms with Gasteiger partial charge in [0.1, 0.15) is 23.2 Å². The van der Waals surface area contributed by atoms with E-state index in [9.17, 15) is 19.6 Å². The molecule has 0 atom stereocenters. The number of imide groups is 1. The molecule has 2 aromatic rings. The monoisotopic (exact) mass is 403 g/mol. The third kappa shape index (κ3) is 3.94. The van der Waals surface area contributed by atoms with Crippen molar-refractivity contribution in [2.24, 2.45) is 11.7 Å². The summed E-state index contributed by atoms with van der Waals surface area (Å²) in [5.41, 5.74) is 6.91. The van der Waals surface area contributed by atoms with Gasteiger partial charge >= 0.3 is 0 Å². The van der Waals surface area contributed by atoms with E-state index in [2.05, 4.69) is 0 Å². The average Bonchev–Trinajstić information content (AvgIpc) is 3.17. The summed E-state index contributed by atoms with van der Waals surface area (Å²) >= 11 is 0. The zero-order valence-electron chi connectivity index (χ0n) is 16.9. The highest BCUT2D eigenvalue weighted by molar-refractivity contribution is 6.19. The molecule has 7 heteroatoms. The van der Waals surface area contributed by atoms with Gasteiger partial charge in [-0.3, -0.25) is 19.3 Å². The zero-order chi connectivity index (χ0) is 22.0. The molecule has 2 heterocycles. The van der Waals surface area contributed by atoms with Crippen LogP contribution in [0, 0.1) is 17.2 Å². The number of carbonyl (C=O) groups is 3. The molecule has 152 valence electrons. The number of benzene rings is 1. The second kappa shape index (κ2) is 8.21. The minimum atomic E-state index is -0.569. The van der Waals surface area contributed by atoms with E-state index in [-0.39, 0.29) is 23.6 Å². The first-order valence-corrected chi connectivity index (χ1v) is 9.42. The second-order valence-corrected chi connectivity index (χ2v) is 7.43. The van der Waals surface area contributed by atoms with Crippen molar-refractivity contribution in [1.82, 2.24) is 4.90 Å². The fourth-order valence-corrected chi connectivity index (χ4v) is 3.19. The molecule has 0 unspecified atom stereocenters. The average molecular weight is 403 g/mol. The Labute approximate surface area is 174 Å². The summed E-state index contributed by atoms with van der Waals surface area (Å²) in [6, 6.07) is 12.0. The standard InChI is InChI=1S/C23H21N3O4/c1-13(2)12-26-22(28)18(14(3)19(11-24)23(26)29)10-17-8-9-20(30-17)15-4-6-16(7-5-15)21(25)27/h4-10,13H,12H2,1-3H3,(H2,25,27)/b18-10+. The molecule has 0 saturated carbocycles. The first-order valence-electron chi connectivity index (χ1n) is 9.42. The fraction of sp³-hybridized carbons (Fsp3) is 0.217. The Morgan fingerprint density at radius 1 is 1.17 bits per heavy atom. The third-order valence-corrected chi connectivity index (χ3v) is 4.74. The lowest BCUT2D eigenvalue weighted by Gasteiger charge is -2.28. The van der Waals surface area contributed by atoms with Gasteiger partial charge in [-0.05, 0) is 48.8 Å². The summed E-state index contributed by atoms with van der Waals surface area (Å²) in [4.78, 5) is 37.8. The molecule has 1 aromatic heterocycles. The lowest BCUT2D eigenvalue weighted by molar-refractivity contribution is -0.141. The molecule has 1 aliphatic rings. The Morgan fingerprint density at radius 3 is 2.40 bits per heavy atom. The van der Waals surface area contributed by atoms with E-state index < -0.39 is 17.7 Å². The summed E-state index contributed by atoms with van der Waals surface area (Å²) in [5, 5.41) is 9.42. The molecule has 0 fully saturated rings. The van der Waals surface area contributed by atoms with Crippen LogP contribution in [0.3, 0.4) is 0 Å². The van der Waals surface area contributed by atoms with Gasteiger partial charge in [0.25, 0.3) is 11.8 Å². The Morgan fingerprint density at radius 2 is 1.83 bits per heavy atom. The van der Waals surface area contributed by atoms with Gasteiger partial charge in [-0.1, -0.05) is 26.0 Å². The van der Waals surface area contributed by atoms with Crippen LogP contribution in [-0.4, -0.2) is 29.2 Å². The van der Waals surface area contributed by atoms with Gasteiger partial charge in [0.15, 0.2) is 0 Å². The van der Waals surface area contributed by atoms with Gasteiger partial charge in [-0.25, -0.2) is 0 Å². The van der Waals surface area contributed by atoms with Crippen LogP contribution in [0.25, 0.3) is 17.4 Å². The van der Waals surface area contributed by atoms with Crippen LogP contribution in [0.4, 0.5) is 0 Å². The van der Waals surface area contributed by atoms with Crippen molar-refractivity contribution in [2.45, 2.75) is 20.8 Å². The Bertz CT molecular complexity index is 1130. The minimum absolute atomic E-state index is 0.0460. The first-order chi connectivity index (χ1) is 14.2. The summed E-state index contributed by atoms with van der Waals surface area (Å²) < 4.78 is 5.83. The molecule has 1 aliphatic heterocycles. The van der Waals surface area contributed by atoms with Crippen molar-refractivity contribution in [2.75, 3.05) is 6.54 Å². The number of rotatable bonds is 5. The quantitative estimate of drug-likeness (QED) is 0.607. The van der Waals surface area contributed by atoms with E-state index in [1.165, 1.54) is 6.08 Å². The predicted molar refractivity (Wildman–Crippen MR) is 111 cm³/mol. The minimum Gasteiger partial charge on any atom is -0.457 e. The maximum atomic E-state index is 12.9. The van der Waals surface area contributed by atoms with Crippen molar-refractivity contribution in [3.8, 4) is 17.4 Å². The highest BCUT2D eigenvalue weighted by Crippen LogP contribution is 2.29. The van der Waals surface area contributed by atoms with Crippen molar-refractivity contribution in [3.63, 3.8) is 0 Å². The van der Waals surface area contributed by atoms with E-state index in [0.717, 1.165) is 10.5 Å². The van der Waals surface area contributed by atoms with E-state index in [4.69, 9.17) is 10.2 Å². The van der Waals surface area contributed by atoms with Gasteiger partial charge in [0, 0.05) is 23.2 Å². The number of primary amides is 1.